The van der Waals surface area contributed by atoms with Crippen LogP contribution in [0.4, 0.5) is 19.1 Å². The molecule has 0 bridgehead atoms. The van der Waals surface area contributed by atoms with Crippen molar-refractivity contribution in [2.45, 2.75) is 6.18 Å². The van der Waals surface area contributed by atoms with E-state index in [1.807, 2.05) is 6.07 Å². The van der Waals surface area contributed by atoms with Crippen molar-refractivity contribution in [1.82, 2.24) is 15.0 Å². The third kappa shape index (κ3) is 4.99. The first kappa shape index (κ1) is 22.4. The highest BCUT2D eigenvalue weighted by molar-refractivity contribution is 5.81. The summed E-state index contributed by atoms with van der Waals surface area (Å²) in [5.74, 6) is 0.0453. The molecule has 0 aliphatic carbocycles. The molecule has 0 radical (unpaired) electrons. The number of nitrogens with zero attached hydrogens (tertiary/aromatic N) is 4. The van der Waals surface area contributed by atoms with Gasteiger partial charge in [0.2, 0.25) is 5.95 Å². The van der Waals surface area contributed by atoms with Crippen LogP contribution in [0.15, 0.2) is 82.8 Å². The molecular formula is C24H15F3N6O. The van der Waals surface area contributed by atoms with Gasteiger partial charge < -0.3 is 0 Å². The molecule has 2 N–H and O–H groups in total. The SMILES string of the molecule is N#Cc1c(-c2ccccc2)nc(NN=Cc2ccc(-c3cc(C(F)(F)F)ccn3)cc2)[nH]c1=O. The van der Waals surface area contributed by atoms with Crippen molar-refractivity contribution in [3.05, 3.63) is 100.0 Å². The van der Waals surface area contributed by atoms with Gasteiger partial charge in [0.25, 0.3) is 5.56 Å². The maximum atomic E-state index is 12.9. The number of nitrogens with one attached hydrogen (secondary N) is 2. The summed E-state index contributed by atoms with van der Waals surface area (Å²) >= 11 is 0. The topological polar surface area (TPSA) is 107 Å². The average molecular weight is 460 g/mol. The monoisotopic (exact) mass is 460 g/mol. The van der Waals surface area contributed by atoms with Crippen molar-refractivity contribution in [3.8, 4) is 28.6 Å². The van der Waals surface area contributed by atoms with Gasteiger partial charge in [0.15, 0.2) is 0 Å². The molecule has 7 nitrogen and oxygen atoms in total. The van der Waals surface area contributed by atoms with Crippen LogP contribution in [0.25, 0.3) is 22.5 Å². The second-order valence-electron chi connectivity index (χ2n) is 7.04. The molecule has 0 fully saturated rings. The zero-order valence-corrected chi connectivity index (χ0v) is 17.3. The normalized spacial score (nSPS) is 11.4. The van der Waals surface area contributed by atoms with Gasteiger partial charge in [-0.25, -0.2) is 10.4 Å². The van der Waals surface area contributed by atoms with Gasteiger partial charge in [0, 0.05) is 17.3 Å². The van der Waals surface area contributed by atoms with Crippen molar-refractivity contribution < 1.29 is 13.2 Å². The summed E-state index contributed by atoms with van der Waals surface area (Å²) < 4.78 is 38.8. The fourth-order valence-corrected chi connectivity index (χ4v) is 3.11. The lowest BCUT2D eigenvalue weighted by Crippen LogP contribution is -2.16. The van der Waals surface area contributed by atoms with E-state index in [1.165, 1.54) is 6.21 Å². The number of pyridine rings is 1. The summed E-state index contributed by atoms with van der Waals surface area (Å²) in [7, 11) is 0. The molecule has 4 aromatic rings. The van der Waals surface area contributed by atoms with Crippen LogP contribution < -0.4 is 11.0 Å². The predicted octanol–water partition coefficient (Wildman–Crippen LogP) is 4.84. The molecule has 0 unspecified atom stereocenters. The molecule has 0 spiro atoms. The minimum absolute atomic E-state index is 0.0453. The van der Waals surface area contributed by atoms with E-state index in [1.54, 1.807) is 54.6 Å². The first-order chi connectivity index (χ1) is 16.3. The Morgan fingerprint density at radius 1 is 1.03 bits per heavy atom. The van der Waals surface area contributed by atoms with Gasteiger partial charge in [-0.05, 0) is 17.7 Å². The van der Waals surface area contributed by atoms with Gasteiger partial charge in [0.05, 0.1) is 23.2 Å². The molecule has 168 valence electrons. The number of anilines is 1. The van der Waals surface area contributed by atoms with Gasteiger partial charge in [-0.1, -0.05) is 54.6 Å². The van der Waals surface area contributed by atoms with Gasteiger partial charge in [-0.3, -0.25) is 14.8 Å². The van der Waals surface area contributed by atoms with Crippen LogP contribution in [0.2, 0.25) is 0 Å². The molecule has 0 aliphatic heterocycles. The Balaban J connectivity index is 1.52. The summed E-state index contributed by atoms with van der Waals surface area (Å²) in [5.41, 5.74) is 3.32. The second kappa shape index (κ2) is 9.38. The highest BCUT2D eigenvalue weighted by Crippen LogP contribution is 2.31. The van der Waals surface area contributed by atoms with Crippen molar-refractivity contribution in [1.29, 1.82) is 5.26 Å². The van der Waals surface area contributed by atoms with E-state index in [0.29, 0.717) is 16.7 Å². The van der Waals surface area contributed by atoms with Crippen molar-refractivity contribution >= 4 is 12.2 Å². The summed E-state index contributed by atoms with van der Waals surface area (Å²) in [4.78, 5) is 23.0. The van der Waals surface area contributed by atoms with Crippen LogP contribution >= 0.6 is 0 Å². The lowest BCUT2D eigenvalue weighted by Gasteiger charge is -2.08. The summed E-state index contributed by atoms with van der Waals surface area (Å²) in [6.45, 7) is 0. The zero-order valence-electron chi connectivity index (χ0n) is 17.3. The number of alkyl halides is 3. The first-order valence-electron chi connectivity index (χ1n) is 9.88. The van der Waals surface area contributed by atoms with Crippen LogP contribution in [-0.4, -0.2) is 21.2 Å². The van der Waals surface area contributed by atoms with Gasteiger partial charge in [0.1, 0.15) is 11.6 Å². The number of halogens is 3. The van der Waals surface area contributed by atoms with Gasteiger partial charge >= 0.3 is 6.18 Å². The smallest absolute Gasteiger partial charge is 0.290 e. The van der Waals surface area contributed by atoms with Crippen LogP contribution in [0.5, 0.6) is 0 Å². The van der Waals surface area contributed by atoms with E-state index in [-0.39, 0.29) is 22.9 Å². The maximum absolute atomic E-state index is 12.9. The Labute approximate surface area is 191 Å². The largest absolute Gasteiger partial charge is 0.416 e. The lowest BCUT2D eigenvalue weighted by molar-refractivity contribution is -0.137. The Morgan fingerprint density at radius 3 is 2.44 bits per heavy atom. The highest BCUT2D eigenvalue weighted by atomic mass is 19.4. The Morgan fingerprint density at radius 2 is 1.76 bits per heavy atom. The molecule has 0 saturated carbocycles. The fraction of sp³-hybridized carbons (Fsp3) is 0.0417. The fourth-order valence-electron chi connectivity index (χ4n) is 3.11. The van der Waals surface area contributed by atoms with Crippen LogP contribution in [0, 0.1) is 11.3 Å². The average Bonchev–Trinajstić information content (AvgIpc) is 2.84. The number of hydrogen-bond donors (Lipinski definition) is 2. The van der Waals surface area contributed by atoms with E-state index in [4.69, 9.17) is 0 Å². The number of aromatic amines is 1. The number of hydrazone groups is 1. The molecule has 4 rings (SSSR count). The Kier molecular flexibility index (Phi) is 6.18. The number of aromatic nitrogens is 3. The molecule has 0 saturated heterocycles. The number of nitriles is 1. The number of H-pyrrole nitrogens is 1. The summed E-state index contributed by atoms with van der Waals surface area (Å²) in [5, 5.41) is 13.4. The third-order valence-corrected chi connectivity index (χ3v) is 4.76. The summed E-state index contributed by atoms with van der Waals surface area (Å²) in [6, 6.07) is 19.1. The predicted molar refractivity (Wildman–Crippen MR) is 121 cm³/mol. The standard InChI is InChI=1S/C24H15F3N6O/c25-24(26,27)18-10-11-29-20(12-18)16-8-6-15(7-9-16)14-30-33-23-31-21(17-4-2-1-3-5-17)19(13-28)22(34)32-23/h1-12,14H,(H2,31,32,33,34). The second-order valence-corrected chi connectivity index (χ2v) is 7.04. The minimum Gasteiger partial charge on any atom is -0.290 e. The quantitative estimate of drug-likeness (QED) is 0.328. The molecule has 0 amide bonds. The van der Waals surface area contributed by atoms with Crippen LogP contribution in [0.1, 0.15) is 16.7 Å². The van der Waals surface area contributed by atoms with Gasteiger partial charge in [-0.15, -0.1) is 0 Å². The maximum Gasteiger partial charge on any atom is 0.416 e. The highest BCUT2D eigenvalue weighted by Gasteiger charge is 2.30. The summed E-state index contributed by atoms with van der Waals surface area (Å²) in [6.07, 6.45) is -1.88. The van der Waals surface area contributed by atoms with Gasteiger partial charge in [-0.2, -0.15) is 23.5 Å². The number of benzene rings is 2. The molecule has 0 atom stereocenters. The van der Waals surface area contributed by atoms with E-state index in [2.05, 4.69) is 25.5 Å². The van der Waals surface area contributed by atoms with E-state index < -0.39 is 17.3 Å². The Hall–Kier alpha value is -4.78. The van der Waals surface area contributed by atoms with Crippen molar-refractivity contribution in [3.63, 3.8) is 0 Å². The lowest BCUT2D eigenvalue weighted by atomic mass is 10.1. The molecule has 2 aromatic carbocycles. The molecule has 0 aliphatic rings. The van der Waals surface area contributed by atoms with E-state index in [0.717, 1.165) is 18.3 Å². The zero-order chi connectivity index (χ0) is 24.1. The third-order valence-electron chi connectivity index (χ3n) is 4.76. The number of rotatable bonds is 5. The minimum atomic E-state index is -4.45. The molecule has 2 aromatic heterocycles. The number of hydrogen-bond acceptors (Lipinski definition) is 6. The molecule has 34 heavy (non-hydrogen) atoms. The van der Waals surface area contributed by atoms with E-state index in [9.17, 15) is 23.2 Å². The molecule has 10 heteroatoms. The van der Waals surface area contributed by atoms with E-state index >= 15 is 0 Å². The molecule has 2 heterocycles. The van der Waals surface area contributed by atoms with Crippen LogP contribution in [-0.2, 0) is 6.18 Å². The van der Waals surface area contributed by atoms with Crippen molar-refractivity contribution in [2.75, 3.05) is 5.43 Å². The van der Waals surface area contributed by atoms with Crippen molar-refractivity contribution in [2.24, 2.45) is 5.10 Å². The first-order valence-corrected chi connectivity index (χ1v) is 9.88. The van der Waals surface area contributed by atoms with Crippen LogP contribution in [0.3, 0.4) is 0 Å². The molecular weight excluding hydrogens is 445 g/mol. The Bertz CT molecular complexity index is 1440.